The number of nitrogens with zero attached hydrogens (tertiary/aromatic N) is 1. The second-order valence-electron chi connectivity index (χ2n) is 12.9. The lowest BCUT2D eigenvalue weighted by Gasteiger charge is -2.46. The Bertz CT molecular complexity index is 839. The second kappa shape index (κ2) is 9.44. The van der Waals surface area contributed by atoms with Crippen molar-refractivity contribution in [1.82, 2.24) is 4.90 Å². The molecule has 1 heterocycles. The highest BCUT2D eigenvalue weighted by Crippen LogP contribution is 2.47. The van der Waals surface area contributed by atoms with Gasteiger partial charge < -0.3 is 13.8 Å². The largest absolute Gasteiger partial charge is 0.408 e. The summed E-state index contributed by atoms with van der Waals surface area (Å²) in [4.78, 5) is 16.1. The normalized spacial score (nSPS) is 24.9. The fourth-order valence-electron chi connectivity index (χ4n) is 3.85. The Labute approximate surface area is 205 Å². The Morgan fingerprint density at radius 1 is 0.970 bits per heavy atom. The third-order valence-electron chi connectivity index (χ3n) is 8.21. The van der Waals surface area contributed by atoms with Crippen LogP contribution in [-0.2, 0) is 20.2 Å². The van der Waals surface area contributed by atoms with Gasteiger partial charge in [0.15, 0.2) is 22.7 Å². The number of amides is 1. The topological polar surface area (TPSA) is 38.8 Å². The van der Waals surface area contributed by atoms with Gasteiger partial charge in [-0.1, -0.05) is 78.0 Å². The van der Waals surface area contributed by atoms with Crippen LogP contribution >= 0.6 is 0 Å². The van der Waals surface area contributed by atoms with Gasteiger partial charge in [0.25, 0.3) is 5.91 Å². The maximum absolute atomic E-state index is 14.1. The van der Waals surface area contributed by atoms with E-state index in [1.54, 1.807) is 0 Å². The summed E-state index contributed by atoms with van der Waals surface area (Å²) in [5.74, 6) is 0.0386. The summed E-state index contributed by atoms with van der Waals surface area (Å²) >= 11 is 0. The van der Waals surface area contributed by atoms with Gasteiger partial charge in [-0.05, 0) is 55.2 Å². The molecule has 33 heavy (non-hydrogen) atoms. The first-order chi connectivity index (χ1) is 14.9. The van der Waals surface area contributed by atoms with E-state index in [2.05, 4.69) is 93.4 Å². The Hall–Kier alpha value is -1.22. The van der Waals surface area contributed by atoms with Gasteiger partial charge in [-0.2, -0.15) is 0 Å². The molecule has 1 aliphatic heterocycles. The first kappa shape index (κ1) is 28.0. The quantitative estimate of drug-likeness (QED) is 0.287. The molecule has 6 heteroatoms. The van der Waals surface area contributed by atoms with E-state index in [0.29, 0.717) is 13.0 Å². The van der Waals surface area contributed by atoms with E-state index in [1.165, 1.54) is 0 Å². The van der Waals surface area contributed by atoms with E-state index >= 15 is 0 Å². The Morgan fingerprint density at radius 2 is 1.45 bits per heavy atom. The van der Waals surface area contributed by atoms with Crippen molar-refractivity contribution in [2.45, 2.75) is 115 Å². The third kappa shape index (κ3) is 5.72. The summed E-state index contributed by atoms with van der Waals surface area (Å²) < 4.78 is 13.9. The molecule has 1 amide bonds. The summed E-state index contributed by atoms with van der Waals surface area (Å²) in [5.41, 5.74) is 0.581. The lowest BCUT2D eigenvalue weighted by atomic mass is 9.90. The lowest BCUT2D eigenvalue weighted by molar-refractivity contribution is -0.136. The van der Waals surface area contributed by atoms with Crippen LogP contribution in [0.25, 0.3) is 0 Å². The molecule has 1 aromatic rings. The molecule has 3 atom stereocenters. The van der Waals surface area contributed by atoms with E-state index < -0.39 is 28.3 Å². The van der Waals surface area contributed by atoms with Crippen molar-refractivity contribution in [2.24, 2.45) is 0 Å². The fraction of sp³-hybridized carbons (Fsp3) is 0.667. The van der Waals surface area contributed by atoms with Crippen LogP contribution in [-0.4, -0.2) is 45.2 Å². The summed E-state index contributed by atoms with van der Waals surface area (Å²) in [6, 6.07) is 10.2. The lowest BCUT2D eigenvalue weighted by Crippen LogP contribution is -2.57. The molecular formula is C27H47NO3Si2. The molecule has 0 radical (unpaired) electrons. The monoisotopic (exact) mass is 489 g/mol. The molecule has 0 bridgehead atoms. The smallest absolute Gasteiger partial charge is 0.254 e. The summed E-state index contributed by atoms with van der Waals surface area (Å²) in [6.07, 6.45) is 1.62. The molecule has 0 spiro atoms. The molecule has 1 aromatic carbocycles. The predicted molar refractivity (Wildman–Crippen MR) is 144 cm³/mol. The molecule has 0 aliphatic carbocycles. The number of carbonyl (C=O) groups is 1. The van der Waals surface area contributed by atoms with Crippen LogP contribution in [0, 0.1) is 0 Å². The zero-order chi connectivity index (χ0) is 25.5. The molecule has 186 valence electrons. The Kier molecular flexibility index (Phi) is 8.02. The first-order valence-electron chi connectivity index (χ1n) is 12.2. The van der Waals surface area contributed by atoms with Crippen molar-refractivity contribution in [1.29, 1.82) is 0 Å². The first-order valence-corrected chi connectivity index (χ1v) is 18.0. The van der Waals surface area contributed by atoms with Crippen LogP contribution in [0.3, 0.4) is 0 Å². The summed E-state index contributed by atoms with van der Waals surface area (Å²) in [7, 11) is -4.40. The van der Waals surface area contributed by atoms with E-state index in [0.717, 1.165) is 5.56 Å². The standard InChI is InChI=1S/C27H47NO3Si2/c1-13-19-27(8)23(31-33(11,12)26(5,6)7)22(30-32(9,10)25(2,3)4)24(29)28(27)20-21-17-15-14-16-18-21/h13-18,22-23H,1,19-20H2,2-12H3/t22-,23-,27-/m1/s1. The van der Waals surface area contributed by atoms with Crippen LogP contribution in [0.5, 0.6) is 0 Å². The van der Waals surface area contributed by atoms with Crippen LogP contribution in [0.1, 0.15) is 60.5 Å². The van der Waals surface area contributed by atoms with E-state index in [9.17, 15) is 4.79 Å². The molecule has 2 rings (SSSR count). The summed E-state index contributed by atoms with van der Waals surface area (Å²) in [6.45, 7) is 29.1. The van der Waals surface area contributed by atoms with Crippen molar-refractivity contribution >= 4 is 22.5 Å². The van der Waals surface area contributed by atoms with Crippen molar-refractivity contribution in [3.8, 4) is 0 Å². The van der Waals surface area contributed by atoms with E-state index in [4.69, 9.17) is 8.85 Å². The zero-order valence-electron chi connectivity index (χ0n) is 22.9. The molecule has 1 saturated heterocycles. The number of benzene rings is 1. The fourth-order valence-corrected chi connectivity index (χ4v) is 6.43. The summed E-state index contributed by atoms with van der Waals surface area (Å²) in [5, 5.41) is 0.0238. The van der Waals surface area contributed by atoms with Gasteiger partial charge in [0.05, 0.1) is 5.54 Å². The van der Waals surface area contributed by atoms with Gasteiger partial charge in [-0.15, -0.1) is 6.58 Å². The number of carbonyl (C=O) groups excluding carboxylic acids is 1. The molecule has 1 fully saturated rings. The van der Waals surface area contributed by atoms with E-state index in [1.807, 2.05) is 29.2 Å². The highest BCUT2D eigenvalue weighted by atomic mass is 28.4. The minimum atomic E-state index is -2.22. The minimum Gasteiger partial charge on any atom is -0.408 e. The van der Waals surface area contributed by atoms with E-state index in [-0.39, 0.29) is 22.1 Å². The second-order valence-corrected chi connectivity index (χ2v) is 22.4. The SMILES string of the molecule is C=CC[C@]1(C)[C@H](O[Si](C)(C)C(C)(C)C)[C@@H](O[Si](C)(C)C(C)(C)C)C(=O)N1Cc1ccccc1. The average Bonchev–Trinajstić information content (AvgIpc) is 2.83. The van der Waals surface area contributed by atoms with Gasteiger partial charge in [-0.3, -0.25) is 4.79 Å². The molecular weight excluding hydrogens is 442 g/mol. The van der Waals surface area contributed by atoms with Crippen molar-refractivity contribution in [3.05, 3.63) is 48.6 Å². The molecule has 0 aromatic heterocycles. The molecule has 0 saturated carbocycles. The number of likely N-dealkylation sites (tertiary alicyclic amines) is 1. The van der Waals surface area contributed by atoms with Crippen molar-refractivity contribution < 1.29 is 13.6 Å². The number of rotatable bonds is 8. The Morgan fingerprint density at radius 3 is 1.91 bits per heavy atom. The van der Waals surface area contributed by atoms with Gasteiger partial charge in [-0.25, -0.2) is 0 Å². The van der Waals surface area contributed by atoms with Crippen LogP contribution in [0.15, 0.2) is 43.0 Å². The highest BCUT2D eigenvalue weighted by molar-refractivity contribution is 6.74. The van der Waals surface area contributed by atoms with Crippen molar-refractivity contribution in [3.63, 3.8) is 0 Å². The maximum Gasteiger partial charge on any atom is 0.254 e. The number of hydrogen-bond acceptors (Lipinski definition) is 3. The Balaban J connectivity index is 2.60. The van der Waals surface area contributed by atoms with Crippen LogP contribution < -0.4 is 0 Å². The van der Waals surface area contributed by atoms with Gasteiger partial charge >= 0.3 is 0 Å². The van der Waals surface area contributed by atoms with Gasteiger partial charge in [0.1, 0.15) is 6.10 Å². The molecule has 0 unspecified atom stereocenters. The number of hydrogen-bond donors (Lipinski definition) is 0. The third-order valence-corrected chi connectivity index (χ3v) is 17.1. The molecule has 4 nitrogen and oxygen atoms in total. The molecule has 0 N–H and O–H groups in total. The predicted octanol–water partition coefficient (Wildman–Crippen LogP) is 7.14. The minimum absolute atomic E-state index is 0.00348. The van der Waals surface area contributed by atoms with Gasteiger partial charge in [0, 0.05) is 6.54 Å². The van der Waals surface area contributed by atoms with Gasteiger partial charge in [0.2, 0.25) is 0 Å². The van der Waals surface area contributed by atoms with Crippen LogP contribution in [0.2, 0.25) is 36.3 Å². The zero-order valence-corrected chi connectivity index (χ0v) is 24.9. The highest BCUT2D eigenvalue weighted by Gasteiger charge is 2.60. The maximum atomic E-state index is 14.1. The van der Waals surface area contributed by atoms with Crippen LogP contribution in [0.4, 0.5) is 0 Å². The van der Waals surface area contributed by atoms with Crippen molar-refractivity contribution in [2.75, 3.05) is 0 Å². The average molecular weight is 490 g/mol. The molecule has 1 aliphatic rings.